The second-order valence-corrected chi connectivity index (χ2v) is 6.12. The van der Waals surface area contributed by atoms with Crippen molar-refractivity contribution in [3.05, 3.63) is 69.3 Å². The van der Waals surface area contributed by atoms with E-state index in [1.165, 1.54) is 0 Å². The van der Waals surface area contributed by atoms with Crippen LogP contribution in [0, 0.1) is 0 Å². The van der Waals surface area contributed by atoms with Crippen LogP contribution in [0.15, 0.2) is 53.0 Å². The highest BCUT2D eigenvalue weighted by Crippen LogP contribution is 2.27. The van der Waals surface area contributed by atoms with Crippen molar-refractivity contribution in [1.82, 2.24) is 4.98 Å². The summed E-state index contributed by atoms with van der Waals surface area (Å²) < 4.78 is 6.28. The summed E-state index contributed by atoms with van der Waals surface area (Å²) in [5.41, 5.74) is 2.78. The van der Waals surface area contributed by atoms with Gasteiger partial charge in [-0.25, -0.2) is 4.98 Å². The Bertz CT molecular complexity index is 844. The fraction of sp³-hybridized carbons (Fsp3) is 0.0556. The summed E-state index contributed by atoms with van der Waals surface area (Å²) in [6, 6.07) is 15.6. The van der Waals surface area contributed by atoms with Gasteiger partial charge < -0.3 is 4.74 Å². The Morgan fingerprint density at radius 1 is 1.05 bits per heavy atom. The van der Waals surface area contributed by atoms with E-state index in [2.05, 4.69) is 20.9 Å². The number of rotatable bonds is 3. The Kier molecular flexibility index (Phi) is 4.46. The molecule has 0 saturated carbocycles. The number of halogens is 2. The van der Waals surface area contributed by atoms with Crippen LogP contribution in [-0.2, 0) is 0 Å². The van der Waals surface area contributed by atoms with Gasteiger partial charge in [-0.1, -0.05) is 45.7 Å². The van der Waals surface area contributed by atoms with E-state index in [0.29, 0.717) is 5.02 Å². The first-order chi connectivity index (χ1) is 10.7. The van der Waals surface area contributed by atoms with Gasteiger partial charge in [0.2, 0.25) is 0 Å². The van der Waals surface area contributed by atoms with Gasteiger partial charge in [0.15, 0.2) is 0 Å². The standard InChI is InChI=1S/C18H13BrClNO/c1-22-15-8-9-18-16(11-15)17(20)10-14(21-18)7-4-12-2-5-13(19)6-3-12/h2-11H,1H3. The molecule has 2 nitrogen and oxygen atoms in total. The summed E-state index contributed by atoms with van der Waals surface area (Å²) in [6.07, 6.45) is 3.97. The van der Waals surface area contributed by atoms with Crippen molar-refractivity contribution < 1.29 is 4.74 Å². The highest BCUT2D eigenvalue weighted by molar-refractivity contribution is 9.10. The minimum absolute atomic E-state index is 0.666. The van der Waals surface area contributed by atoms with E-state index in [4.69, 9.17) is 16.3 Å². The molecule has 0 bridgehead atoms. The molecule has 0 spiro atoms. The van der Waals surface area contributed by atoms with Crippen LogP contribution in [0.25, 0.3) is 23.1 Å². The van der Waals surface area contributed by atoms with Gasteiger partial charge in [0, 0.05) is 9.86 Å². The lowest BCUT2D eigenvalue weighted by Gasteiger charge is -2.05. The van der Waals surface area contributed by atoms with Gasteiger partial charge in [-0.3, -0.25) is 0 Å². The van der Waals surface area contributed by atoms with E-state index in [0.717, 1.165) is 32.4 Å². The highest BCUT2D eigenvalue weighted by atomic mass is 79.9. The van der Waals surface area contributed by atoms with Gasteiger partial charge in [0.1, 0.15) is 5.75 Å². The van der Waals surface area contributed by atoms with Crippen LogP contribution in [0.4, 0.5) is 0 Å². The molecule has 0 fully saturated rings. The molecule has 0 N–H and O–H groups in total. The highest BCUT2D eigenvalue weighted by Gasteiger charge is 2.04. The van der Waals surface area contributed by atoms with Crippen LogP contribution in [0.3, 0.4) is 0 Å². The fourth-order valence-electron chi connectivity index (χ4n) is 2.15. The maximum absolute atomic E-state index is 6.36. The number of methoxy groups -OCH3 is 1. The van der Waals surface area contributed by atoms with Crippen LogP contribution >= 0.6 is 27.5 Å². The molecular formula is C18H13BrClNO. The summed E-state index contributed by atoms with van der Waals surface area (Å²) in [4.78, 5) is 4.61. The molecule has 1 aromatic heterocycles. The van der Waals surface area contributed by atoms with Crippen molar-refractivity contribution in [2.24, 2.45) is 0 Å². The number of hydrogen-bond acceptors (Lipinski definition) is 2. The van der Waals surface area contributed by atoms with Gasteiger partial charge in [-0.05, 0) is 48.0 Å². The number of aromatic nitrogens is 1. The van der Waals surface area contributed by atoms with Gasteiger partial charge >= 0.3 is 0 Å². The van der Waals surface area contributed by atoms with E-state index in [1.807, 2.05) is 60.7 Å². The first kappa shape index (κ1) is 15.1. The third kappa shape index (κ3) is 3.32. The number of ether oxygens (including phenoxy) is 1. The summed E-state index contributed by atoms with van der Waals surface area (Å²) >= 11 is 9.78. The molecule has 3 aromatic rings. The summed E-state index contributed by atoms with van der Waals surface area (Å²) in [6.45, 7) is 0. The molecule has 0 aliphatic rings. The van der Waals surface area contributed by atoms with Gasteiger partial charge in [-0.2, -0.15) is 0 Å². The van der Waals surface area contributed by atoms with Gasteiger partial charge in [0.05, 0.1) is 23.3 Å². The molecule has 22 heavy (non-hydrogen) atoms. The predicted molar refractivity (Wildman–Crippen MR) is 96.4 cm³/mol. The van der Waals surface area contributed by atoms with Crippen LogP contribution in [0.2, 0.25) is 5.02 Å². The lowest BCUT2D eigenvalue weighted by molar-refractivity contribution is 0.415. The van der Waals surface area contributed by atoms with Crippen molar-refractivity contribution in [3.8, 4) is 5.75 Å². The van der Waals surface area contributed by atoms with Crippen LogP contribution in [0.5, 0.6) is 5.75 Å². The summed E-state index contributed by atoms with van der Waals surface area (Å²) in [5, 5.41) is 1.56. The normalized spacial score (nSPS) is 11.2. The molecule has 0 amide bonds. The molecule has 0 atom stereocenters. The molecule has 3 rings (SSSR count). The molecule has 0 saturated heterocycles. The Morgan fingerprint density at radius 2 is 1.82 bits per heavy atom. The molecule has 4 heteroatoms. The average Bonchev–Trinajstić information content (AvgIpc) is 2.54. The lowest BCUT2D eigenvalue weighted by atomic mass is 10.1. The minimum Gasteiger partial charge on any atom is -0.497 e. The van der Waals surface area contributed by atoms with Crippen molar-refractivity contribution in [2.45, 2.75) is 0 Å². The van der Waals surface area contributed by atoms with Crippen molar-refractivity contribution in [1.29, 1.82) is 0 Å². The number of benzene rings is 2. The van der Waals surface area contributed by atoms with E-state index in [1.54, 1.807) is 7.11 Å². The Balaban J connectivity index is 1.96. The summed E-state index contributed by atoms with van der Waals surface area (Å²) in [7, 11) is 1.64. The van der Waals surface area contributed by atoms with Crippen LogP contribution in [0.1, 0.15) is 11.3 Å². The summed E-state index contributed by atoms with van der Waals surface area (Å²) in [5.74, 6) is 0.773. The first-order valence-electron chi connectivity index (χ1n) is 6.73. The van der Waals surface area contributed by atoms with E-state index >= 15 is 0 Å². The first-order valence-corrected chi connectivity index (χ1v) is 7.91. The zero-order chi connectivity index (χ0) is 15.5. The third-order valence-electron chi connectivity index (χ3n) is 3.30. The second kappa shape index (κ2) is 6.51. The molecule has 0 aliphatic heterocycles. The Hall–Kier alpha value is -1.84. The lowest BCUT2D eigenvalue weighted by Crippen LogP contribution is -1.87. The predicted octanol–water partition coefficient (Wildman–Crippen LogP) is 5.83. The van der Waals surface area contributed by atoms with Gasteiger partial charge in [0.25, 0.3) is 0 Å². The van der Waals surface area contributed by atoms with Crippen molar-refractivity contribution in [3.63, 3.8) is 0 Å². The fourth-order valence-corrected chi connectivity index (χ4v) is 2.68. The molecule has 1 heterocycles. The minimum atomic E-state index is 0.666. The number of nitrogens with zero attached hydrogens (tertiary/aromatic N) is 1. The van der Waals surface area contributed by atoms with E-state index in [-0.39, 0.29) is 0 Å². The topological polar surface area (TPSA) is 22.1 Å². The Labute approximate surface area is 142 Å². The maximum Gasteiger partial charge on any atom is 0.119 e. The zero-order valence-corrected chi connectivity index (χ0v) is 14.2. The second-order valence-electron chi connectivity index (χ2n) is 4.80. The van der Waals surface area contributed by atoms with E-state index in [9.17, 15) is 0 Å². The number of hydrogen-bond donors (Lipinski definition) is 0. The molecule has 0 radical (unpaired) electrons. The Morgan fingerprint density at radius 3 is 2.55 bits per heavy atom. The SMILES string of the molecule is COc1ccc2nc(C=Cc3ccc(Br)cc3)cc(Cl)c2c1. The monoisotopic (exact) mass is 373 g/mol. The smallest absolute Gasteiger partial charge is 0.119 e. The average molecular weight is 375 g/mol. The van der Waals surface area contributed by atoms with Crippen molar-refractivity contribution >= 4 is 50.6 Å². The van der Waals surface area contributed by atoms with Crippen molar-refractivity contribution in [2.75, 3.05) is 7.11 Å². The molecule has 2 aromatic carbocycles. The quantitative estimate of drug-likeness (QED) is 0.575. The van der Waals surface area contributed by atoms with Crippen LogP contribution < -0.4 is 4.74 Å². The third-order valence-corrected chi connectivity index (χ3v) is 4.14. The van der Waals surface area contributed by atoms with Gasteiger partial charge in [-0.15, -0.1) is 0 Å². The molecule has 110 valence electrons. The number of fused-ring (bicyclic) bond motifs is 1. The maximum atomic E-state index is 6.36. The zero-order valence-electron chi connectivity index (χ0n) is 11.9. The molecule has 0 aliphatic carbocycles. The van der Waals surface area contributed by atoms with E-state index < -0.39 is 0 Å². The molecular weight excluding hydrogens is 362 g/mol. The van der Waals surface area contributed by atoms with Crippen LogP contribution in [-0.4, -0.2) is 12.1 Å². The molecule has 0 unspecified atom stereocenters. The largest absolute Gasteiger partial charge is 0.497 e. The number of pyridine rings is 1.